The topological polar surface area (TPSA) is 59.8 Å². The lowest BCUT2D eigenvalue weighted by atomic mass is 9.49. The van der Waals surface area contributed by atoms with Crippen molar-refractivity contribution >= 4 is 27.8 Å². The summed E-state index contributed by atoms with van der Waals surface area (Å²) in [5, 5.41) is 0. The van der Waals surface area contributed by atoms with Gasteiger partial charge in [-0.05, 0) is 67.9 Å². The Kier molecular flexibility index (Phi) is 4.66. The summed E-state index contributed by atoms with van der Waals surface area (Å²) in [5.41, 5.74) is 0.0772. The number of carbonyl (C=O) groups is 2. The predicted molar refractivity (Wildman–Crippen MR) is 99.5 cm³/mol. The van der Waals surface area contributed by atoms with Gasteiger partial charge in [-0.1, -0.05) is 15.9 Å². The van der Waals surface area contributed by atoms with Crippen LogP contribution in [0.25, 0.3) is 0 Å². The molecule has 26 heavy (non-hydrogen) atoms. The first-order valence-corrected chi connectivity index (χ1v) is 10.3. The molecule has 6 heteroatoms. The zero-order valence-electron chi connectivity index (χ0n) is 15.2. The molecule has 1 heterocycles. The molecule has 0 saturated heterocycles. The molecule has 4 fully saturated rings. The van der Waals surface area contributed by atoms with Crippen LogP contribution < -0.4 is 0 Å². The number of amides is 1. The Morgan fingerprint density at radius 3 is 2.65 bits per heavy atom. The van der Waals surface area contributed by atoms with Gasteiger partial charge in [0, 0.05) is 11.4 Å². The van der Waals surface area contributed by atoms with Gasteiger partial charge in [-0.3, -0.25) is 9.59 Å². The van der Waals surface area contributed by atoms with Crippen molar-refractivity contribution < 1.29 is 18.7 Å². The molecule has 4 aliphatic carbocycles. The number of furan rings is 1. The summed E-state index contributed by atoms with van der Waals surface area (Å²) in [7, 11) is 1.69. The second-order valence-corrected chi connectivity index (χ2v) is 10.5. The molecule has 1 amide bonds. The summed E-state index contributed by atoms with van der Waals surface area (Å²) >= 11 is 3.97. The molecule has 0 aromatic carbocycles. The number of nitrogens with zero attached hydrogens (tertiary/aromatic N) is 1. The fourth-order valence-corrected chi connectivity index (χ4v) is 7.39. The number of hydrogen-bond acceptors (Lipinski definition) is 4. The van der Waals surface area contributed by atoms with E-state index in [1.54, 1.807) is 19.4 Å². The van der Waals surface area contributed by atoms with E-state index in [0.29, 0.717) is 18.7 Å². The van der Waals surface area contributed by atoms with Gasteiger partial charge in [0.2, 0.25) is 0 Å². The minimum atomic E-state index is -0.234. The zero-order valence-corrected chi connectivity index (χ0v) is 16.8. The van der Waals surface area contributed by atoms with Gasteiger partial charge in [0.25, 0.3) is 5.91 Å². The summed E-state index contributed by atoms with van der Waals surface area (Å²) in [6, 6.07) is 3.61. The van der Waals surface area contributed by atoms with Gasteiger partial charge >= 0.3 is 5.97 Å². The fraction of sp³-hybridized carbons (Fsp3) is 0.700. The smallest absolute Gasteiger partial charge is 0.306 e. The first-order chi connectivity index (χ1) is 12.3. The molecule has 2 unspecified atom stereocenters. The molecule has 5 nitrogen and oxygen atoms in total. The van der Waals surface area contributed by atoms with Crippen molar-refractivity contribution in [2.24, 2.45) is 17.3 Å². The second-order valence-electron chi connectivity index (χ2n) is 8.78. The highest BCUT2D eigenvalue weighted by atomic mass is 79.9. The van der Waals surface area contributed by atoms with Crippen LogP contribution in [-0.2, 0) is 20.9 Å². The monoisotopic (exact) mass is 423 g/mol. The van der Waals surface area contributed by atoms with Crippen molar-refractivity contribution in [3.05, 3.63) is 24.2 Å². The van der Waals surface area contributed by atoms with E-state index in [0.717, 1.165) is 31.1 Å². The van der Waals surface area contributed by atoms with Gasteiger partial charge in [-0.15, -0.1) is 0 Å². The van der Waals surface area contributed by atoms with E-state index in [2.05, 4.69) is 15.9 Å². The number of carbonyl (C=O) groups excluding carboxylic acids is 2. The number of alkyl halides is 1. The highest BCUT2D eigenvalue weighted by molar-refractivity contribution is 9.10. The zero-order chi connectivity index (χ0) is 18.4. The molecule has 4 saturated carbocycles. The van der Waals surface area contributed by atoms with Crippen LogP contribution in [0.5, 0.6) is 0 Å². The van der Waals surface area contributed by atoms with Crippen LogP contribution >= 0.6 is 15.9 Å². The van der Waals surface area contributed by atoms with Crippen LogP contribution in [0.4, 0.5) is 0 Å². The Balaban J connectivity index is 1.28. The van der Waals surface area contributed by atoms with Gasteiger partial charge in [0.15, 0.2) is 6.61 Å². The van der Waals surface area contributed by atoms with Crippen molar-refractivity contribution in [1.82, 2.24) is 4.90 Å². The van der Waals surface area contributed by atoms with E-state index < -0.39 is 0 Å². The molecular weight excluding hydrogens is 398 g/mol. The summed E-state index contributed by atoms with van der Waals surface area (Å²) in [6.45, 7) is 0.182. The Morgan fingerprint density at radius 1 is 1.31 bits per heavy atom. The van der Waals surface area contributed by atoms with E-state index in [1.807, 2.05) is 6.07 Å². The lowest BCUT2D eigenvalue weighted by molar-refractivity contribution is -0.157. The number of hydrogen-bond donors (Lipinski definition) is 0. The van der Waals surface area contributed by atoms with Crippen molar-refractivity contribution in [1.29, 1.82) is 0 Å². The lowest BCUT2D eigenvalue weighted by Crippen LogP contribution is -2.53. The van der Waals surface area contributed by atoms with E-state index in [1.165, 1.54) is 24.2 Å². The Labute approximate surface area is 162 Å². The minimum Gasteiger partial charge on any atom is -0.467 e. The van der Waals surface area contributed by atoms with E-state index in [4.69, 9.17) is 9.15 Å². The van der Waals surface area contributed by atoms with Crippen molar-refractivity contribution in [3.63, 3.8) is 0 Å². The van der Waals surface area contributed by atoms with Crippen molar-refractivity contribution in [2.45, 2.75) is 55.8 Å². The first kappa shape index (κ1) is 18.1. The fourth-order valence-electron chi connectivity index (χ4n) is 5.88. The Hall–Kier alpha value is -1.30. The maximum atomic E-state index is 12.4. The van der Waals surface area contributed by atoms with Gasteiger partial charge in [0.1, 0.15) is 5.76 Å². The van der Waals surface area contributed by atoms with Crippen molar-refractivity contribution in [2.75, 3.05) is 13.7 Å². The largest absolute Gasteiger partial charge is 0.467 e. The molecule has 0 aliphatic heterocycles. The molecular formula is C20H26BrNO4. The van der Waals surface area contributed by atoms with Crippen LogP contribution in [0.15, 0.2) is 22.8 Å². The molecule has 4 aliphatic rings. The van der Waals surface area contributed by atoms with Gasteiger partial charge in [0.05, 0.1) is 19.2 Å². The number of rotatable bonds is 6. The summed E-state index contributed by atoms with van der Waals surface area (Å²) in [6.07, 6.45) is 9.18. The summed E-state index contributed by atoms with van der Waals surface area (Å²) < 4.78 is 10.8. The van der Waals surface area contributed by atoms with Crippen LogP contribution in [0, 0.1) is 17.3 Å². The van der Waals surface area contributed by atoms with Crippen LogP contribution in [0.2, 0.25) is 0 Å². The average Bonchev–Trinajstić information content (AvgIpc) is 3.02. The summed E-state index contributed by atoms with van der Waals surface area (Å²) in [5.74, 6) is 1.75. The molecule has 0 spiro atoms. The second kappa shape index (κ2) is 6.70. The minimum absolute atomic E-state index is 0.0772. The average molecular weight is 424 g/mol. The maximum Gasteiger partial charge on any atom is 0.306 e. The van der Waals surface area contributed by atoms with Gasteiger partial charge in [-0.2, -0.15) is 0 Å². The third kappa shape index (κ3) is 3.71. The van der Waals surface area contributed by atoms with Crippen molar-refractivity contribution in [3.8, 4) is 0 Å². The SMILES string of the molecule is CN(Cc1ccco1)C(=O)COC(=O)CC12CC3CC(CC(Br)(C3)C1)C2. The highest BCUT2D eigenvalue weighted by Crippen LogP contribution is 2.65. The number of esters is 1. The maximum absolute atomic E-state index is 12.4. The first-order valence-electron chi connectivity index (χ1n) is 9.46. The Bertz CT molecular complexity index is 672. The molecule has 1 aromatic rings. The van der Waals surface area contributed by atoms with E-state index in [-0.39, 0.29) is 28.2 Å². The standard InChI is InChI=1S/C20H26BrNO4/c1-22(11-16-3-2-4-25-16)17(23)12-26-18(24)10-19-6-14-5-15(7-19)9-20(21,8-14)13-19/h2-4,14-15H,5-13H2,1H3. The number of ether oxygens (including phenoxy) is 1. The molecule has 0 radical (unpaired) electrons. The quantitative estimate of drug-likeness (QED) is 0.513. The van der Waals surface area contributed by atoms with Crippen LogP contribution in [-0.4, -0.2) is 34.8 Å². The molecule has 0 N–H and O–H groups in total. The van der Waals surface area contributed by atoms with Gasteiger partial charge < -0.3 is 14.1 Å². The number of halogens is 1. The molecule has 5 rings (SSSR count). The molecule has 2 atom stereocenters. The summed E-state index contributed by atoms with van der Waals surface area (Å²) in [4.78, 5) is 26.2. The highest BCUT2D eigenvalue weighted by Gasteiger charge is 2.57. The van der Waals surface area contributed by atoms with E-state index in [9.17, 15) is 9.59 Å². The van der Waals surface area contributed by atoms with E-state index >= 15 is 0 Å². The third-order valence-electron chi connectivity index (χ3n) is 6.39. The number of likely N-dealkylation sites (N-methyl/N-ethyl adjacent to an activating group) is 1. The molecule has 142 valence electrons. The third-order valence-corrected chi connectivity index (χ3v) is 7.31. The molecule has 1 aromatic heterocycles. The van der Waals surface area contributed by atoms with Gasteiger partial charge in [-0.25, -0.2) is 0 Å². The van der Waals surface area contributed by atoms with Crippen LogP contribution in [0.3, 0.4) is 0 Å². The van der Waals surface area contributed by atoms with Crippen LogP contribution in [0.1, 0.15) is 50.7 Å². The normalized spacial score (nSPS) is 34.7. The predicted octanol–water partition coefficient (Wildman–Crippen LogP) is 3.91. The lowest BCUT2D eigenvalue weighted by Gasteiger charge is -2.60. The molecule has 4 bridgehead atoms. The Morgan fingerprint density at radius 2 is 2.04 bits per heavy atom.